The van der Waals surface area contributed by atoms with Gasteiger partial charge in [0.1, 0.15) is 0 Å². The van der Waals surface area contributed by atoms with E-state index in [4.69, 9.17) is 4.74 Å². The standard InChI is InChI=1S/C19H21N3O4S/c1-11(15-10-27-12(2)21-15)20-18(24)13-8-17(23)22(9-13)16-7-5-4-6-14(16)19(25)26-3/h4-7,10-11,13H,8-9H2,1-3H3,(H,20,24). The van der Waals surface area contributed by atoms with Crippen LogP contribution in [-0.4, -0.2) is 36.4 Å². The number of methoxy groups -OCH3 is 1. The van der Waals surface area contributed by atoms with Gasteiger partial charge in [0.05, 0.1) is 41.0 Å². The first-order valence-corrected chi connectivity index (χ1v) is 9.48. The number of hydrogen-bond donors (Lipinski definition) is 1. The van der Waals surface area contributed by atoms with Crippen molar-refractivity contribution in [2.75, 3.05) is 18.6 Å². The highest BCUT2D eigenvalue weighted by molar-refractivity contribution is 7.09. The van der Waals surface area contributed by atoms with Gasteiger partial charge < -0.3 is 15.0 Å². The number of nitrogens with zero attached hydrogens (tertiary/aromatic N) is 2. The molecule has 1 aromatic heterocycles. The van der Waals surface area contributed by atoms with Gasteiger partial charge in [0.2, 0.25) is 11.8 Å². The van der Waals surface area contributed by atoms with E-state index in [-0.39, 0.29) is 30.8 Å². The second-order valence-electron chi connectivity index (χ2n) is 6.44. The Morgan fingerprint density at radius 3 is 2.78 bits per heavy atom. The second-order valence-corrected chi connectivity index (χ2v) is 7.50. The Morgan fingerprint density at radius 2 is 2.11 bits per heavy atom. The molecule has 1 saturated heterocycles. The summed E-state index contributed by atoms with van der Waals surface area (Å²) in [5, 5.41) is 5.78. The number of amides is 2. The first kappa shape index (κ1) is 19.0. The first-order valence-electron chi connectivity index (χ1n) is 8.60. The Labute approximate surface area is 161 Å². The quantitative estimate of drug-likeness (QED) is 0.796. The van der Waals surface area contributed by atoms with E-state index < -0.39 is 11.9 Å². The molecule has 0 radical (unpaired) electrons. The molecule has 0 saturated carbocycles. The van der Waals surface area contributed by atoms with Crippen molar-refractivity contribution in [1.82, 2.24) is 10.3 Å². The predicted molar refractivity (Wildman–Crippen MR) is 102 cm³/mol. The van der Waals surface area contributed by atoms with E-state index >= 15 is 0 Å². The number of rotatable bonds is 5. The van der Waals surface area contributed by atoms with Crippen LogP contribution in [0.4, 0.5) is 5.69 Å². The fraction of sp³-hybridized carbons (Fsp3) is 0.368. The van der Waals surface area contributed by atoms with Crippen LogP contribution in [0.3, 0.4) is 0 Å². The molecule has 1 aliphatic heterocycles. The number of carbonyl (C=O) groups excluding carboxylic acids is 3. The van der Waals surface area contributed by atoms with Crippen molar-refractivity contribution in [2.24, 2.45) is 5.92 Å². The van der Waals surface area contributed by atoms with Crippen LogP contribution in [-0.2, 0) is 14.3 Å². The molecule has 7 nitrogen and oxygen atoms in total. The molecule has 0 aliphatic carbocycles. The van der Waals surface area contributed by atoms with Crippen molar-refractivity contribution in [3.63, 3.8) is 0 Å². The number of ether oxygens (including phenoxy) is 1. The fourth-order valence-electron chi connectivity index (χ4n) is 3.09. The third kappa shape index (κ3) is 4.00. The minimum atomic E-state index is -0.515. The molecule has 0 spiro atoms. The zero-order valence-corrected chi connectivity index (χ0v) is 16.2. The molecule has 1 fully saturated rings. The van der Waals surface area contributed by atoms with Gasteiger partial charge in [-0.05, 0) is 26.0 Å². The number of aromatic nitrogens is 1. The molecule has 3 rings (SSSR count). The average molecular weight is 387 g/mol. The van der Waals surface area contributed by atoms with Crippen LogP contribution in [0.1, 0.15) is 40.4 Å². The van der Waals surface area contributed by atoms with Gasteiger partial charge in [-0.25, -0.2) is 9.78 Å². The number of thiazole rings is 1. The zero-order valence-electron chi connectivity index (χ0n) is 15.4. The van der Waals surface area contributed by atoms with Gasteiger partial charge in [0.25, 0.3) is 0 Å². The predicted octanol–water partition coefficient (Wildman–Crippen LogP) is 2.47. The molecular formula is C19H21N3O4S. The van der Waals surface area contributed by atoms with E-state index in [9.17, 15) is 14.4 Å². The van der Waals surface area contributed by atoms with Crippen molar-refractivity contribution in [2.45, 2.75) is 26.3 Å². The number of nitrogens with one attached hydrogen (secondary N) is 1. The minimum absolute atomic E-state index is 0.101. The summed E-state index contributed by atoms with van der Waals surface area (Å²) in [6, 6.07) is 6.51. The zero-order chi connectivity index (χ0) is 19.6. The smallest absolute Gasteiger partial charge is 0.339 e. The van der Waals surface area contributed by atoms with Crippen molar-refractivity contribution in [3.05, 3.63) is 45.9 Å². The number of hydrogen-bond acceptors (Lipinski definition) is 6. The van der Waals surface area contributed by atoms with Crippen molar-refractivity contribution >= 4 is 34.8 Å². The van der Waals surface area contributed by atoms with Crippen LogP contribution < -0.4 is 10.2 Å². The molecule has 2 unspecified atom stereocenters. The minimum Gasteiger partial charge on any atom is -0.465 e. The van der Waals surface area contributed by atoms with E-state index in [0.717, 1.165) is 10.7 Å². The lowest BCUT2D eigenvalue weighted by Crippen LogP contribution is -2.35. The van der Waals surface area contributed by atoms with Gasteiger partial charge in [-0.2, -0.15) is 0 Å². The molecular weight excluding hydrogens is 366 g/mol. The van der Waals surface area contributed by atoms with Gasteiger partial charge in [0, 0.05) is 18.3 Å². The molecule has 2 heterocycles. The lowest BCUT2D eigenvalue weighted by molar-refractivity contribution is -0.126. The summed E-state index contributed by atoms with van der Waals surface area (Å²) < 4.78 is 4.79. The van der Waals surface area contributed by atoms with Gasteiger partial charge in [0.15, 0.2) is 0 Å². The summed E-state index contributed by atoms with van der Waals surface area (Å²) in [4.78, 5) is 43.0. The summed E-state index contributed by atoms with van der Waals surface area (Å²) in [5.74, 6) is -1.38. The summed E-state index contributed by atoms with van der Waals surface area (Å²) in [6.07, 6.45) is 0.101. The van der Waals surface area contributed by atoms with E-state index in [1.165, 1.54) is 23.3 Å². The Bertz CT molecular complexity index is 879. The molecule has 2 amide bonds. The Morgan fingerprint density at radius 1 is 1.37 bits per heavy atom. The Balaban J connectivity index is 1.72. The molecule has 142 valence electrons. The normalized spacial score (nSPS) is 17.7. The molecule has 1 aromatic carbocycles. The monoisotopic (exact) mass is 387 g/mol. The summed E-state index contributed by atoms with van der Waals surface area (Å²) in [5.41, 5.74) is 1.58. The molecule has 8 heteroatoms. The average Bonchev–Trinajstić information content (AvgIpc) is 3.27. The van der Waals surface area contributed by atoms with E-state index in [0.29, 0.717) is 11.3 Å². The van der Waals surface area contributed by atoms with Crippen molar-refractivity contribution < 1.29 is 19.1 Å². The largest absolute Gasteiger partial charge is 0.465 e. The van der Waals surface area contributed by atoms with E-state index in [2.05, 4.69) is 10.3 Å². The van der Waals surface area contributed by atoms with Crippen LogP contribution in [0.15, 0.2) is 29.6 Å². The molecule has 1 aliphatic rings. The number of anilines is 1. The van der Waals surface area contributed by atoms with Crippen LogP contribution >= 0.6 is 11.3 Å². The number of aryl methyl sites for hydroxylation is 1. The van der Waals surface area contributed by atoms with Crippen molar-refractivity contribution in [3.8, 4) is 0 Å². The maximum absolute atomic E-state index is 12.6. The SMILES string of the molecule is COC(=O)c1ccccc1N1CC(C(=O)NC(C)c2csc(C)n2)CC1=O. The van der Waals surface area contributed by atoms with Crippen molar-refractivity contribution in [1.29, 1.82) is 0 Å². The van der Waals surface area contributed by atoms with Gasteiger partial charge >= 0.3 is 5.97 Å². The van der Waals surface area contributed by atoms with Gasteiger partial charge in [-0.1, -0.05) is 12.1 Å². The van der Waals surface area contributed by atoms with Crippen LogP contribution in [0.2, 0.25) is 0 Å². The molecule has 0 bridgehead atoms. The summed E-state index contributed by atoms with van der Waals surface area (Å²) in [7, 11) is 1.29. The lowest BCUT2D eigenvalue weighted by atomic mass is 10.1. The lowest BCUT2D eigenvalue weighted by Gasteiger charge is -2.20. The van der Waals surface area contributed by atoms with Crippen LogP contribution in [0.5, 0.6) is 0 Å². The first-order chi connectivity index (χ1) is 12.9. The maximum Gasteiger partial charge on any atom is 0.339 e. The topological polar surface area (TPSA) is 88.6 Å². The highest BCUT2D eigenvalue weighted by atomic mass is 32.1. The van der Waals surface area contributed by atoms with Gasteiger partial charge in [-0.3, -0.25) is 9.59 Å². The van der Waals surface area contributed by atoms with E-state index in [1.807, 2.05) is 19.2 Å². The number of carbonyl (C=O) groups is 3. The molecule has 27 heavy (non-hydrogen) atoms. The summed E-state index contributed by atoms with van der Waals surface area (Å²) in [6.45, 7) is 4.00. The maximum atomic E-state index is 12.6. The van der Waals surface area contributed by atoms with E-state index in [1.54, 1.807) is 24.3 Å². The Hall–Kier alpha value is -2.74. The third-order valence-corrected chi connectivity index (χ3v) is 5.33. The number of benzene rings is 1. The summed E-state index contributed by atoms with van der Waals surface area (Å²) >= 11 is 1.53. The van der Waals surface area contributed by atoms with Gasteiger partial charge in [-0.15, -0.1) is 11.3 Å². The van der Waals surface area contributed by atoms with Crippen LogP contribution in [0.25, 0.3) is 0 Å². The fourth-order valence-corrected chi connectivity index (χ4v) is 3.80. The Kier molecular flexibility index (Phi) is 5.55. The third-order valence-electron chi connectivity index (χ3n) is 4.54. The second kappa shape index (κ2) is 7.87. The number of para-hydroxylation sites is 1. The molecule has 1 N–H and O–H groups in total. The highest BCUT2D eigenvalue weighted by Gasteiger charge is 2.37. The highest BCUT2D eigenvalue weighted by Crippen LogP contribution is 2.29. The number of esters is 1. The molecule has 2 atom stereocenters. The molecule has 2 aromatic rings. The van der Waals surface area contributed by atoms with Crippen LogP contribution in [0, 0.1) is 12.8 Å².